The highest BCUT2D eigenvalue weighted by molar-refractivity contribution is 6.32. The highest BCUT2D eigenvalue weighted by atomic mass is 35.5. The van der Waals surface area contributed by atoms with E-state index in [-0.39, 0.29) is 57.7 Å². The number of rotatable bonds is 8. The number of benzene rings is 2. The van der Waals surface area contributed by atoms with Crippen LogP contribution in [-0.4, -0.2) is 25.6 Å². The number of anilines is 1. The Labute approximate surface area is 201 Å². The summed E-state index contributed by atoms with van der Waals surface area (Å²) in [4.78, 5) is 26.7. The molecule has 174 valence electrons. The normalized spacial score (nSPS) is 10.8. The van der Waals surface area contributed by atoms with Crippen molar-refractivity contribution in [3.63, 3.8) is 0 Å². The van der Waals surface area contributed by atoms with Gasteiger partial charge in [0, 0.05) is 16.7 Å². The van der Waals surface area contributed by atoms with Crippen LogP contribution in [0.1, 0.15) is 21.9 Å². The maximum atomic E-state index is 13.9. The molecule has 0 spiro atoms. The van der Waals surface area contributed by atoms with Crippen LogP contribution in [0.15, 0.2) is 59.3 Å². The summed E-state index contributed by atoms with van der Waals surface area (Å²) in [7, 11) is 0. The second-order valence-electron chi connectivity index (χ2n) is 6.85. The minimum absolute atomic E-state index is 0.0185. The van der Waals surface area contributed by atoms with E-state index in [4.69, 9.17) is 32.4 Å². The van der Waals surface area contributed by atoms with E-state index in [2.05, 4.69) is 15.4 Å². The number of nitrogens with zero attached hydrogens (tertiary/aromatic N) is 4. The van der Waals surface area contributed by atoms with Crippen molar-refractivity contribution >= 4 is 40.7 Å². The van der Waals surface area contributed by atoms with Crippen LogP contribution in [0, 0.1) is 15.9 Å². The molecule has 0 saturated carbocycles. The topological polar surface area (TPSA) is 125 Å². The first-order valence-corrected chi connectivity index (χ1v) is 10.3. The molecule has 2 aromatic carbocycles. The van der Waals surface area contributed by atoms with E-state index in [0.717, 1.165) is 0 Å². The van der Waals surface area contributed by atoms with E-state index in [1.807, 2.05) is 0 Å². The predicted molar refractivity (Wildman–Crippen MR) is 120 cm³/mol. The highest BCUT2D eigenvalue weighted by Crippen LogP contribution is 2.29. The lowest BCUT2D eigenvalue weighted by Crippen LogP contribution is -2.13. The molecule has 34 heavy (non-hydrogen) atoms. The van der Waals surface area contributed by atoms with Gasteiger partial charge in [-0.15, -0.1) is 5.10 Å². The van der Waals surface area contributed by atoms with Crippen LogP contribution in [0.4, 0.5) is 16.0 Å². The maximum Gasteiger partial charge on any atom is 0.293 e. The molecule has 1 N–H and O–H groups in total. The van der Waals surface area contributed by atoms with Crippen LogP contribution in [0.3, 0.4) is 0 Å². The van der Waals surface area contributed by atoms with E-state index < -0.39 is 16.6 Å². The smallest absolute Gasteiger partial charge is 0.293 e. The number of amides is 1. The molecule has 4 rings (SSSR count). The van der Waals surface area contributed by atoms with Gasteiger partial charge in [0.05, 0.1) is 22.6 Å². The first kappa shape index (κ1) is 23.2. The van der Waals surface area contributed by atoms with Crippen LogP contribution in [0.25, 0.3) is 0 Å². The van der Waals surface area contributed by atoms with Crippen molar-refractivity contribution in [1.29, 1.82) is 0 Å². The number of nitro benzene ring substituents is 1. The molecule has 4 aromatic rings. The zero-order valence-corrected chi connectivity index (χ0v) is 18.6. The van der Waals surface area contributed by atoms with Crippen molar-refractivity contribution in [2.45, 2.75) is 13.2 Å². The summed E-state index contributed by atoms with van der Waals surface area (Å²) in [5.74, 6) is -0.790. The maximum absolute atomic E-state index is 13.9. The summed E-state index contributed by atoms with van der Waals surface area (Å²) in [6.07, 6.45) is 1.32. The monoisotopic (exact) mass is 505 g/mol. The summed E-state index contributed by atoms with van der Waals surface area (Å²) < 4.78 is 26.2. The summed E-state index contributed by atoms with van der Waals surface area (Å²) in [5.41, 5.74) is 0.0644. The van der Waals surface area contributed by atoms with Crippen molar-refractivity contribution in [3.05, 3.63) is 97.9 Å². The highest BCUT2D eigenvalue weighted by Gasteiger charge is 2.16. The number of hydrogen-bond acceptors (Lipinski definition) is 7. The van der Waals surface area contributed by atoms with Gasteiger partial charge in [0.1, 0.15) is 30.3 Å². The minimum Gasteiger partial charge on any atom is -0.484 e. The van der Waals surface area contributed by atoms with Gasteiger partial charge in [0.15, 0.2) is 5.76 Å². The summed E-state index contributed by atoms with van der Waals surface area (Å²) in [6.45, 7) is -0.0960. The van der Waals surface area contributed by atoms with Crippen molar-refractivity contribution in [1.82, 2.24) is 14.8 Å². The standard InChI is InChI=1S/C21H14Cl2FN5O5/c22-15-2-1-3-17(24)14(15)9-28-11-25-21(27-28)26-20(30)18-7-5-13(34-18)10-33-19-8-12(29(31)32)4-6-16(19)23/h1-8,11H,9-10H2,(H,26,27,30). The Morgan fingerprint density at radius 1 is 1.21 bits per heavy atom. The Kier molecular flexibility index (Phi) is 6.75. The Morgan fingerprint density at radius 3 is 2.79 bits per heavy atom. The van der Waals surface area contributed by atoms with Gasteiger partial charge < -0.3 is 9.15 Å². The number of ether oxygens (including phenoxy) is 1. The fourth-order valence-corrected chi connectivity index (χ4v) is 3.27. The molecule has 0 unspecified atom stereocenters. The summed E-state index contributed by atoms with van der Waals surface area (Å²) in [6, 6.07) is 11.1. The summed E-state index contributed by atoms with van der Waals surface area (Å²) >= 11 is 12.0. The van der Waals surface area contributed by atoms with Crippen LogP contribution in [0.2, 0.25) is 10.0 Å². The molecule has 0 fully saturated rings. The SMILES string of the molecule is O=C(Nc1ncn(Cc2c(F)cccc2Cl)n1)c1ccc(COc2cc([N+](=O)[O-])ccc2Cl)o1. The van der Waals surface area contributed by atoms with E-state index in [0.29, 0.717) is 0 Å². The number of non-ortho nitro benzene ring substituents is 1. The predicted octanol–water partition coefficient (Wildman–Crippen LogP) is 5.10. The van der Waals surface area contributed by atoms with E-state index >= 15 is 0 Å². The number of halogens is 3. The number of aromatic nitrogens is 3. The molecule has 0 atom stereocenters. The van der Waals surface area contributed by atoms with Crippen LogP contribution < -0.4 is 10.1 Å². The lowest BCUT2D eigenvalue weighted by atomic mass is 10.2. The van der Waals surface area contributed by atoms with Crippen LogP contribution >= 0.6 is 23.2 Å². The van der Waals surface area contributed by atoms with Gasteiger partial charge >= 0.3 is 0 Å². The zero-order valence-electron chi connectivity index (χ0n) is 17.1. The molecule has 2 aromatic heterocycles. The number of nitrogens with one attached hydrogen (secondary N) is 1. The Morgan fingerprint density at radius 2 is 2.03 bits per heavy atom. The number of nitro groups is 1. The van der Waals surface area contributed by atoms with E-state index in [9.17, 15) is 19.3 Å². The second-order valence-corrected chi connectivity index (χ2v) is 7.66. The molecule has 0 aliphatic carbocycles. The molecule has 0 bridgehead atoms. The van der Waals surface area contributed by atoms with Gasteiger partial charge in [-0.25, -0.2) is 14.1 Å². The van der Waals surface area contributed by atoms with E-state index in [1.54, 1.807) is 6.07 Å². The molecule has 0 aliphatic rings. The van der Waals surface area contributed by atoms with Crippen LogP contribution in [-0.2, 0) is 13.2 Å². The molecule has 0 aliphatic heterocycles. The molecule has 0 saturated heterocycles. The van der Waals surface area contributed by atoms with Crippen molar-refractivity contribution in [3.8, 4) is 5.75 Å². The third kappa shape index (κ3) is 5.33. The molecular formula is C21H14Cl2FN5O5. The lowest BCUT2D eigenvalue weighted by Gasteiger charge is -2.06. The third-order valence-electron chi connectivity index (χ3n) is 4.52. The fraction of sp³-hybridized carbons (Fsp3) is 0.0952. The number of carbonyl (C=O) groups is 1. The van der Waals surface area contributed by atoms with Crippen molar-refractivity contribution in [2.24, 2.45) is 0 Å². The third-order valence-corrected chi connectivity index (χ3v) is 5.19. The second kappa shape index (κ2) is 9.89. The summed E-state index contributed by atoms with van der Waals surface area (Å²) in [5, 5.41) is 17.9. The van der Waals surface area contributed by atoms with Gasteiger partial charge in [-0.2, -0.15) is 0 Å². The Balaban J connectivity index is 1.37. The van der Waals surface area contributed by atoms with Gasteiger partial charge in [-0.1, -0.05) is 29.3 Å². The van der Waals surface area contributed by atoms with Crippen LogP contribution in [0.5, 0.6) is 5.75 Å². The van der Waals surface area contributed by atoms with Gasteiger partial charge in [0.25, 0.3) is 11.6 Å². The molecule has 13 heteroatoms. The minimum atomic E-state index is -0.624. The molecular weight excluding hydrogens is 492 g/mol. The molecule has 0 radical (unpaired) electrons. The number of carbonyl (C=O) groups excluding carboxylic acids is 1. The number of hydrogen-bond donors (Lipinski definition) is 1. The average molecular weight is 506 g/mol. The van der Waals surface area contributed by atoms with Crippen molar-refractivity contribution in [2.75, 3.05) is 5.32 Å². The lowest BCUT2D eigenvalue weighted by molar-refractivity contribution is -0.384. The molecule has 1 amide bonds. The largest absolute Gasteiger partial charge is 0.484 e. The average Bonchev–Trinajstić information content (AvgIpc) is 3.45. The van der Waals surface area contributed by atoms with E-state index in [1.165, 1.54) is 53.5 Å². The van der Waals surface area contributed by atoms with Gasteiger partial charge in [-0.3, -0.25) is 20.2 Å². The van der Waals surface area contributed by atoms with Crippen molar-refractivity contribution < 1.29 is 23.3 Å². The molecule has 2 heterocycles. The Bertz CT molecular complexity index is 1350. The van der Waals surface area contributed by atoms with Gasteiger partial charge in [-0.05, 0) is 30.3 Å². The van der Waals surface area contributed by atoms with Gasteiger partial charge in [0.2, 0.25) is 5.95 Å². The first-order chi connectivity index (χ1) is 16.3. The zero-order chi connectivity index (χ0) is 24.2. The fourth-order valence-electron chi connectivity index (χ4n) is 2.88. The Hall–Kier alpha value is -3.96. The molecule has 10 nitrogen and oxygen atoms in total. The quantitative estimate of drug-likeness (QED) is 0.260. The first-order valence-electron chi connectivity index (χ1n) is 9.59. The number of furan rings is 1.